The average Bonchev–Trinajstić information content (AvgIpc) is 2.56. The van der Waals surface area contributed by atoms with Crippen molar-refractivity contribution in [1.29, 1.82) is 0 Å². The molecule has 3 aromatic rings. The minimum Gasteiger partial charge on any atom is -0.452 e. The largest absolute Gasteiger partial charge is 0.514 e. The van der Waals surface area contributed by atoms with Crippen molar-refractivity contribution >= 4 is 17.1 Å². The van der Waals surface area contributed by atoms with Gasteiger partial charge in [-0.1, -0.05) is 42.5 Å². The normalized spacial score (nSPS) is 11.3. The molecule has 0 unspecified atom stereocenters. The molecule has 0 spiro atoms. The summed E-state index contributed by atoms with van der Waals surface area (Å²) < 4.78 is 16.3. The lowest BCUT2D eigenvalue weighted by molar-refractivity contribution is 0.0202. The Balaban J connectivity index is 2.16. The molecule has 0 aliphatic carbocycles. The number of benzene rings is 2. The summed E-state index contributed by atoms with van der Waals surface area (Å²) in [7, 11) is 0. The van der Waals surface area contributed by atoms with Gasteiger partial charge in [-0.2, -0.15) is 0 Å². The highest BCUT2D eigenvalue weighted by Gasteiger charge is 2.24. The number of rotatable bonds is 2. The van der Waals surface area contributed by atoms with Crippen LogP contribution in [-0.4, -0.2) is 11.8 Å². The highest BCUT2D eigenvalue weighted by atomic mass is 16.7. The molecule has 0 bridgehead atoms. The quantitative estimate of drug-likeness (QED) is 0.630. The summed E-state index contributed by atoms with van der Waals surface area (Å²) in [6.07, 6.45) is -0.952. The molecule has 0 N–H and O–H groups in total. The van der Waals surface area contributed by atoms with Crippen LogP contribution in [0.15, 0.2) is 63.8 Å². The van der Waals surface area contributed by atoms with E-state index in [9.17, 15) is 9.59 Å². The first-order valence-corrected chi connectivity index (χ1v) is 7.87. The number of para-hydroxylation sites is 1. The highest BCUT2D eigenvalue weighted by molar-refractivity contribution is 5.83. The smallest absolute Gasteiger partial charge is 0.452 e. The van der Waals surface area contributed by atoms with E-state index in [1.807, 2.05) is 18.2 Å². The van der Waals surface area contributed by atoms with E-state index in [-0.39, 0.29) is 11.5 Å². The fraction of sp³-hybridized carbons (Fsp3) is 0.200. The summed E-state index contributed by atoms with van der Waals surface area (Å²) in [6.45, 7) is 5.15. The summed E-state index contributed by atoms with van der Waals surface area (Å²) in [6, 6.07) is 15.8. The molecule has 0 saturated carbocycles. The number of ether oxygens (including phenoxy) is 2. The van der Waals surface area contributed by atoms with E-state index in [0.717, 1.165) is 0 Å². The second-order valence-corrected chi connectivity index (χ2v) is 6.52. The van der Waals surface area contributed by atoms with Crippen LogP contribution in [0.4, 0.5) is 4.79 Å². The van der Waals surface area contributed by atoms with Gasteiger partial charge < -0.3 is 13.9 Å². The molecule has 5 nitrogen and oxygen atoms in total. The third-order valence-electron chi connectivity index (χ3n) is 3.37. The van der Waals surface area contributed by atoms with Gasteiger partial charge in [0.25, 0.3) is 0 Å². The van der Waals surface area contributed by atoms with E-state index in [4.69, 9.17) is 13.9 Å². The molecule has 0 aliphatic rings. The SMILES string of the molecule is CC(C)(C)OC(=O)Oc1c(-c2ccccc2)oc2ccccc2c1=O. The van der Waals surface area contributed by atoms with Crippen LogP contribution in [0.2, 0.25) is 0 Å². The van der Waals surface area contributed by atoms with Crippen molar-refractivity contribution in [3.63, 3.8) is 0 Å². The second-order valence-electron chi connectivity index (χ2n) is 6.52. The Morgan fingerprint density at radius 2 is 1.60 bits per heavy atom. The summed E-state index contributed by atoms with van der Waals surface area (Å²) in [5.41, 5.74) is -0.112. The zero-order valence-electron chi connectivity index (χ0n) is 14.2. The third-order valence-corrected chi connectivity index (χ3v) is 3.37. The summed E-state index contributed by atoms with van der Waals surface area (Å²) in [4.78, 5) is 24.9. The molecule has 1 heterocycles. The fourth-order valence-electron chi connectivity index (χ4n) is 2.35. The molecule has 3 rings (SSSR count). The third kappa shape index (κ3) is 3.71. The lowest BCUT2D eigenvalue weighted by Gasteiger charge is -2.19. The van der Waals surface area contributed by atoms with Crippen LogP contribution in [0.5, 0.6) is 5.75 Å². The molecule has 0 saturated heterocycles. The Bertz CT molecular complexity index is 965. The van der Waals surface area contributed by atoms with Crippen molar-refractivity contribution < 1.29 is 18.7 Å². The first-order chi connectivity index (χ1) is 11.8. The molecular formula is C20H18O5. The lowest BCUT2D eigenvalue weighted by Crippen LogP contribution is -2.27. The zero-order chi connectivity index (χ0) is 18.0. The van der Waals surface area contributed by atoms with Crippen LogP contribution in [0.25, 0.3) is 22.3 Å². The predicted octanol–water partition coefficient (Wildman–Crippen LogP) is 4.77. The molecular weight excluding hydrogens is 320 g/mol. The standard InChI is InChI=1S/C20H18O5/c1-20(2,3)25-19(22)24-18-16(21)14-11-7-8-12-15(14)23-17(18)13-9-5-4-6-10-13/h4-12H,1-3H3. The molecule has 2 aromatic carbocycles. The summed E-state index contributed by atoms with van der Waals surface area (Å²) in [5.74, 6) is 0.00862. The van der Waals surface area contributed by atoms with E-state index in [1.54, 1.807) is 57.2 Å². The van der Waals surface area contributed by atoms with E-state index >= 15 is 0 Å². The Kier molecular flexibility index (Phi) is 4.31. The van der Waals surface area contributed by atoms with Crippen molar-refractivity contribution in [1.82, 2.24) is 0 Å². The maximum Gasteiger partial charge on any atom is 0.514 e. The van der Waals surface area contributed by atoms with Gasteiger partial charge in [-0.05, 0) is 32.9 Å². The van der Waals surface area contributed by atoms with E-state index in [2.05, 4.69) is 0 Å². The van der Waals surface area contributed by atoms with Crippen molar-refractivity contribution in [3.05, 3.63) is 64.8 Å². The highest BCUT2D eigenvalue weighted by Crippen LogP contribution is 2.31. The Labute approximate surface area is 144 Å². The zero-order valence-corrected chi connectivity index (χ0v) is 14.2. The first kappa shape index (κ1) is 16.8. The van der Waals surface area contributed by atoms with Gasteiger partial charge >= 0.3 is 6.16 Å². The Morgan fingerprint density at radius 3 is 2.28 bits per heavy atom. The topological polar surface area (TPSA) is 65.7 Å². The summed E-state index contributed by atoms with van der Waals surface area (Å²) in [5, 5.41) is 0.334. The van der Waals surface area contributed by atoms with Crippen LogP contribution in [0.1, 0.15) is 20.8 Å². The van der Waals surface area contributed by atoms with Gasteiger partial charge in [-0.15, -0.1) is 0 Å². The second kappa shape index (κ2) is 6.43. The van der Waals surface area contributed by atoms with Crippen LogP contribution in [0.3, 0.4) is 0 Å². The number of hydrogen-bond acceptors (Lipinski definition) is 5. The molecule has 25 heavy (non-hydrogen) atoms. The number of carbonyl (C=O) groups is 1. The van der Waals surface area contributed by atoms with Crippen LogP contribution in [-0.2, 0) is 4.74 Å². The first-order valence-electron chi connectivity index (χ1n) is 7.87. The molecule has 0 atom stereocenters. The van der Waals surface area contributed by atoms with Crippen LogP contribution < -0.4 is 10.2 Å². The minimum atomic E-state index is -0.952. The number of fused-ring (bicyclic) bond motifs is 1. The predicted molar refractivity (Wildman–Crippen MR) is 94.8 cm³/mol. The molecule has 5 heteroatoms. The Hall–Kier alpha value is -3.08. The Morgan fingerprint density at radius 1 is 0.960 bits per heavy atom. The molecule has 1 aromatic heterocycles. The molecule has 0 fully saturated rings. The van der Waals surface area contributed by atoms with Gasteiger partial charge in [-0.3, -0.25) is 4.79 Å². The number of hydrogen-bond donors (Lipinski definition) is 0. The molecule has 0 amide bonds. The van der Waals surface area contributed by atoms with E-state index < -0.39 is 17.2 Å². The number of carbonyl (C=O) groups excluding carboxylic acids is 1. The van der Waals surface area contributed by atoms with Crippen molar-refractivity contribution in [3.8, 4) is 17.1 Å². The van der Waals surface area contributed by atoms with Crippen molar-refractivity contribution in [2.24, 2.45) is 0 Å². The van der Waals surface area contributed by atoms with Gasteiger partial charge in [-0.25, -0.2) is 4.79 Å². The van der Waals surface area contributed by atoms with Gasteiger partial charge in [0.05, 0.1) is 5.39 Å². The maximum atomic E-state index is 12.8. The summed E-state index contributed by atoms with van der Waals surface area (Å²) >= 11 is 0. The average molecular weight is 338 g/mol. The van der Waals surface area contributed by atoms with Crippen molar-refractivity contribution in [2.75, 3.05) is 0 Å². The van der Waals surface area contributed by atoms with Gasteiger partial charge in [0.2, 0.25) is 11.2 Å². The van der Waals surface area contributed by atoms with E-state index in [1.165, 1.54) is 0 Å². The van der Waals surface area contributed by atoms with E-state index in [0.29, 0.717) is 16.5 Å². The van der Waals surface area contributed by atoms with Gasteiger partial charge in [0.15, 0.2) is 5.76 Å². The molecule has 0 radical (unpaired) electrons. The fourth-order valence-corrected chi connectivity index (χ4v) is 2.35. The lowest BCUT2D eigenvalue weighted by atomic mass is 10.1. The van der Waals surface area contributed by atoms with Gasteiger partial charge in [0.1, 0.15) is 11.2 Å². The maximum absolute atomic E-state index is 12.8. The van der Waals surface area contributed by atoms with Crippen LogP contribution in [0, 0.1) is 0 Å². The van der Waals surface area contributed by atoms with Gasteiger partial charge in [0, 0.05) is 5.56 Å². The monoisotopic (exact) mass is 338 g/mol. The molecule has 0 aliphatic heterocycles. The van der Waals surface area contributed by atoms with Crippen molar-refractivity contribution in [2.45, 2.75) is 26.4 Å². The van der Waals surface area contributed by atoms with Crippen LogP contribution >= 0.6 is 0 Å². The molecule has 128 valence electrons. The minimum absolute atomic E-state index is 0.181.